The molecule has 0 spiro atoms. The van der Waals surface area contributed by atoms with Crippen LogP contribution in [0.1, 0.15) is 95.6 Å². The van der Waals surface area contributed by atoms with Crippen molar-refractivity contribution in [1.29, 1.82) is 0 Å². The first-order valence-electron chi connectivity index (χ1n) is 30.8. The van der Waals surface area contributed by atoms with Crippen molar-refractivity contribution >= 4 is 0 Å². The molecule has 0 N–H and O–H groups in total. The molecule has 13 rings (SSSR count). The van der Waals surface area contributed by atoms with E-state index in [9.17, 15) is 0 Å². The molecule has 0 bridgehead atoms. The van der Waals surface area contributed by atoms with Crippen LogP contribution >= 0.6 is 0 Å². The second-order valence-corrected chi connectivity index (χ2v) is 22.3. The van der Waals surface area contributed by atoms with Gasteiger partial charge in [-0.2, -0.15) is 0 Å². The second kappa shape index (κ2) is 29.9. The highest BCUT2D eigenvalue weighted by molar-refractivity contribution is 5.61. The molecular formula is C77H66N8O8. The first-order valence-corrected chi connectivity index (χ1v) is 30.8. The van der Waals surface area contributed by atoms with Crippen molar-refractivity contribution in [2.24, 2.45) is 0 Å². The van der Waals surface area contributed by atoms with Crippen LogP contribution in [0.25, 0.3) is 0 Å². The number of fused-ring (bicyclic) bond motifs is 4. The summed E-state index contributed by atoms with van der Waals surface area (Å²) in [5.74, 6) is 4.38. The predicted molar refractivity (Wildman–Crippen MR) is 350 cm³/mol. The molecule has 0 aliphatic heterocycles. The van der Waals surface area contributed by atoms with Crippen LogP contribution in [0.2, 0.25) is 0 Å². The van der Waals surface area contributed by atoms with E-state index in [2.05, 4.69) is 89.3 Å². The zero-order chi connectivity index (χ0) is 62.8. The normalized spacial score (nSPS) is 11.7. The molecule has 0 radical (unpaired) electrons. The molecule has 93 heavy (non-hydrogen) atoms. The van der Waals surface area contributed by atoms with Gasteiger partial charge in [0.2, 0.25) is 0 Å². The van der Waals surface area contributed by atoms with E-state index in [4.69, 9.17) is 37.9 Å². The van der Waals surface area contributed by atoms with Crippen molar-refractivity contribution in [3.8, 4) is 46.0 Å². The number of hydrogen-bond acceptors (Lipinski definition) is 16. The molecule has 0 amide bonds. The molecule has 1 aliphatic carbocycles. The minimum Gasteiger partial charge on any atom is -0.483 e. The highest BCUT2D eigenvalue weighted by atomic mass is 16.5. The lowest BCUT2D eigenvalue weighted by atomic mass is 9.84. The van der Waals surface area contributed by atoms with Gasteiger partial charge in [-0.1, -0.05) is 48.5 Å². The zero-order valence-corrected chi connectivity index (χ0v) is 51.3. The van der Waals surface area contributed by atoms with Crippen molar-refractivity contribution in [2.75, 3.05) is 0 Å². The third kappa shape index (κ3) is 15.9. The number of ether oxygens (including phenoxy) is 8. The van der Waals surface area contributed by atoms with E-state index < -0.39 is 0 Å². The van der Waals surface area contributed by atoms with E-state index in [1.165, 1.54) is 0 Å². The minimum absolute atomic E-state index is 0.188. The summed E-state index contributed by atoms with van der Waals surface area (Å²) in [6, 6.07) is 61.1. The quantitative estimate of drug-likeness (QED) is 0.0558. The number of aromatic nitrogens is 8. The molecule has 16 nitrogen and oxygen atoms in total. The summed E-state index contributed by atoms with van der Waals surface area (Å²) in [7, 11) is 0. The summed E-state index contributed by atoms with van der Waals surface area (Å²) in [5.41, 5.74) is 14.8. The fourth-order valence-corrected chi connectivity index (χ4v) is 11.0. The lowest BCUT2D eigenvalue weighted by Gasteiger charge is -2.25. The van der Waals surface area contributed by atoms with Gasteiger partial charge in [0.1, 0.15) is 52.9 Å². The van der Waals surface area contributed by atoms with Crippen LogP contribution in [0, 0.1) is 6.92 Å². The smallest absolute Gasteiger partial charge is 0.164 e. The maximum atomic E-state index is 6.94. The molecule has 462 valence electrons. The van der Waals surface area contributed by atoms with Crippen LogP contribution in [0.15, 0.2) is 238 Å². The fraction of sp³-hybridized carbons (Fsp3) is 0.169. The lowest BCUT2D eigenvalue weighted by Crippen LogP contribution is -2.12. The Bertz CT molecular complexity index is 4350. The van der Waals surface area contributed by atoms with Crippen LogP contribution in [0.3, 0.4) is 0 Å². The van der Waals surface area contributed by atoms with Gasteiger partial charge in [-0.3, -0.25) is 39.9 Å². The first-order chi connectivity index (χ1) is 46.0. The van der Waals surface area contributed by atoms with Gasteiger partial charge in [0.15, 0.2) is 46.0 Å². The van der Waals surface area contributed by atoms with Crippen LogP contribution in [0.5, 0.6) is 46.0 Å². The molecule has 12 aromatic rings. The Morgan fingerprint density at radius 2 is 0.441 bits per heavy atom. The summed E-state index contributed by atoms with van der Waals surface area (Å²) in [6.07, 6.45) is 15.8. The topological polar surface area (TPSA) is 177 Å². The van der Waals surface area contributed by atoms with Gasteiger partial charge >= 0.3 is 0 Å². The van der Waals surface area contributed by atoms with E-state index in [0.29, 0.717) is 71.7 Å². The summed E-state index contributed by atoms with van der Waals surface area (Å²) in [4.78, 5) is 37.1. The van der Waals surface area contributed by atoms with E-state index in [0.717, 1.165) is 95.6 Å². The number of benzene rings is 4. The largest absolute Gasteiger partial charge is 0.483 e. The Morgan fingerprint density at radius 3 is 0.677 bits per heavy atom. The molecule has 4 aromatic carbocycles. The molecule has 0 saturated heterocycles. The van der Waals surface area contributed by atoms with Crippen LogP contribution in [-0.4, -0.2) is 39.9 Å². The Balaban J connectivity index is 1.03. The molecule has 8 aromatic heterocycles. The van der Waals surface area contributed by atoms with Crippen molar-refractivity contribution in [3.63, 3.8) is 0 Å². The minimum atomic E-state index is 0.188. The van der Waals surface area contributed by atoms with E-state index in [-0.39, 0.29) is 52.9 Å². The first kappa shape index (κ1) is 60.4. The number of rotatable bonds is 24. The van der Waals surface area contributed by atoms with Gasteiger partial charge in [-0.25, -0.2) is 0 Å². The summed E-state index contributed by atoms with van der Waals surface area (Å²) in [5, 5.41) is 0. The maximum Gasteiger partial charge on any atom is 0.164 e. The Labute approximate surface area is 539 Å². The van der Waals surface area contributed by atoms with E-state index >= 15 is 0 Å². The number of pyridine rings is 8. The third-order valence-electron chi connectivity index (χ3n) is 15.8. The average molecular weight is 1230 g/mol. The van der Waals surface area contributed by atoms with Gasteiger partial charge in [-0.05, 0) is 222 Å². The van der Waals surface area contributed by atoms with Crippen molar-refractivity contribution < 1.29 is 37.9 Å². The average Bonchev–Trinajstić information content (AvgIpc) is 0.863. The standard InChI is InChI=1S/C77H66N8O8/c1-53-69-37-59-43-75(91-50-66-23-7-15-31-83-66)73(89-48-64-21-5-13-29-81-64)41-57(59)35-55-39-71(87-46-62-19-3-11-27-79-62)70(86-45-61-18-2-10-26-78-61)38-54(55)34-56-40-72(88-47-63-20-4-12-28-80-63)74(90-49-65-22-6-14-30-82-65)42-58(56)36-60(69)44-76(92-51-67-24-8-16-32-84-67)77(53)93-52-68-25-9-17-33-85-68/h2-33,38-44H,34-37,45-52H2,1H3. The van der Waals surface area contributed by atoms with E-state index in [1.54, 1.807) is 49.6 Å². The molecule has 0 atom stereocenters. The predicted octanol–water partition coefficient (Wildman–Crippen LogP) is 14.5. The molecule has 0 saturated carbocycles. The summed E-state index contributed by atoms with van der Waals surface area (Å²) < 4.78 is 54.8. The fourth-order valence-electron chi connectivity index (χ4n) is 11.0. The van der Waals surface area contributed by atoms with Crippen LogP contribution < -0.4 is 37.9 Å². The van der Waals surface area contributed by atoms with Crippen molar-refractivity contribution in [1.82, 2.24) is 39.9 Å². The Morgan fingerprint density at radius 1 is 0.237 bits per heavy atom. The van der Waals surface area contributed by atoms with Crippen molar-refractivity contribution in [3.05, 3.63) is 333 Å². The molecule has 16 heteroatoms. The molecule has 0 unspecified atom stereocenters. The number of nitrogens with zero attached hydrogens (tertiary/aromatic N) is 8. The Kier molecular flexibility index (Phi) is 19.4. The highest BCUT2D eigenvalue weighted by Crippen LogP contribution is 2.45. The Hall–Kier alpha value is -11.5. The van der Waals surface area contributed by atoms with E-state index in [1.807, 2.05) is 146 Å². The second-order valence-electron chi connectivity index (χ2n) is 22.3. The molecule has 8 heterocycles. The zero-order valence-electron chi connectivity index (χ0n) is 51.3. The maximum absolute atomic E-state index is 6.94. The monoisotopic (exact) mass is 1230 g/mol. The summed E-state index contributed by atoms with van der Waals surface area (Å²) in [6.45, 7) is 3.62. The van der Waals surface area contributed by atoms with Crippen LogP contribution in [-0.2, 0) is 78.5 Å². The molecular weight excluding hydrogens is 1160 g/mol. The van der Waals surface area contributed by atoms with Gasteiger partial charge in [0.25, 0.3) is 0 Å². The van der Waals surface area contributed by atoms with Crippen molar-refractivity contribution in [2.45, 2.75) is 85.5 Å². The van der Waals surface area contributed by atoms with Crippen LogP contribution in [0.4, 0.5) is 0 Å². The highest BCUT2D eigenvalue weighted by Gasteiger charge is 2.27. The van der Waals surface area contributed by atoms with Gasteiger partial charge < -0.3 is 37.9 Å². The van der Waals surface area contributed by atoms with Gasteiger partial charge in [0, 0.05) is 49.6 Å². The third-order valence-corrected chi connectivity index (χ3v) is 15.8. The number of hydrogen-bond donors (Lipinski definition) is 0. The van der Waals surface area contributed by atoms with Gasteiger partial charge in [0.05, 0.1) is 45.6 Å². The SMILES string of the molecule is Cc1c2c(cc(OCc3ccccn3)c1OCc1ccccn1)Cc1cc(OCc3ccccn3)c(OCc3ccccn3)cc1Cc1cc(OCc3ccccn3)c(OCc3ccccn3)cc1Cc1cc(OCc3ccccn3)c(OCc3ccccn3)cc1C2. The van der Waals surface area contributed by atoms with Gasteiger partial charge in [-0.15, -0.1) is 0 Å². The molecule has 1 aliphatic rings. The molecule has 0 fully saturated rings. The lowest BCUT2D eigenvalue weighted by molar-refractivity contribution is 0.249. The summed E-state index contributed by atoms with van der Waals surface area (Å²) >= 11 is 0.